The number of ether oxygens (including phenoxy) is 1. The van der Waals surface area contributed by atoms with Crippen molar-refractivity contribution in [3.8, 4) is 5.75 Å². The summed E-state index contributed by atoms with van der Waals surface area (Å²) in [5.41, 5.74) is 6.65. The van der Waals surface area contributed by atoms with Gasteiger partial charge in [-0.25, -0.2) is 0 Å². The van der Waals surface area contributed by atoms with Crippen molar-refractivity contribution in [2.45, 2.75) is 0 Å². The molecule has 0 aliphatic heterocycles. The van der Waals surface area contributed by atoms with Gasteiger partial charge in [0.15, 0.2) is 0 Å². The third-order valence-electron chi connectivity index (χ3n) is 2.20. The minimum atomic E-state index is 0.758. The summed E-state index contributed by atoms with van der Waals surface area (Å²) in [4.78, 5) is 0. The standard InChI is InChI=1S/C11H10BrNO/c1-14-10-6-5-9(13)11-7(10)3-2-4-8(11)12/h2-6H,13H2,1H3. The third kappa shape index (κ3) is 1.34. The number of halogens is 1. The maximum Gasteiger partial charge on any atom is 0.126 e. The van der Waals surface area contributed by atoms with Crippen LogP contribution in [0.2, 0.25) is 0 Å². The first-order chi connectivity index (χ1) is 6.74. The lowest BCUT2D eigenvalue weighted by Gasteiger charge is -2.08. The second kappa shape index (κ2) is 3.50. The smallest absolute Gasteiger partial charge is 0.126 e. The Kier molecular flexibility index (Phi) is 2.33. The Morgan fingerprint density at radius 2 is 2.00 bits per heavy atom. The molecule has 0 aromatic heterocycles. The van der Waals surface area contributed by atoms with Crippen LogP contribution in [0.5, 0.6) is 5.75 Å². The molecule has 0 aliphatic carbocycles. The zero-order valence-electron chi connectivity index (χ0n) is 7.75. The summed E-state index contributed by atoms with van der Waals surface area (Å²) in [6.07, 6.45) is 0. The molecule has 0 bridgehead atoms. The predicted molar refractivity (Wildman–Crippen MR) is 62.6 cm³/mol. The Bertz CT molecular complexity index is 474. The molecule has 2 aromatic carbocycles. The van der Waals surface area contributed by atoms with E-state index in [1.54, 1.807) is 7.11 Å². The first-order valence-corrected chi connectivity index (χ1v) is 5.04. The van der Waals surface area contributed by atoms with E-state index in [2.05, 4.69) is 15.9 Å². The maximum absolute atomic E-state index is 5.90. The molecule has 0 saturated heterocycles. The number of fused-ring (bicyclic) bond motifs is 1. The number of nitrogens with two attached hydrogens (primary N) is 1. The molecule has 0 spiro atoms. The lowest BCUT2D eigenvalue weighted by molar-refractivity contribution is 0.420. The van der Waals surface area contributed by atoms with E-state index < -0.39 is 0 Å². The van der Waals surface area contributed by atoms with Crippen molar-refractivity contribution in [1.29, 1.82) is 0 Å². The molecule has 2 N–H and O–H groups in total. The van der Waals surface area contributed by atoms with E-state index in [1.165, 1.54) is 0 Å². The van der Waals surface area contributed by atoms with E-state index in [4.69, 9.17) is 10.5 Å². The molecule has 2 aromatic rings. The fourth-order valence-corrected chi connectivity index (χ4v) is 2.13. The van der Waals surface area contributed by atoms with Gasteiger partial charge in [-0.15, -0.1) is 0 Å². The summed E-state index contributed by atoms with van der Waals surface area (Å²) in [5.74, 6) is 0.843. The van der Waals surface area contributed by atoms with Crippen LogP contribution in [0.4, 0.5) is 5.69 Å². The second-order valence-corrected chi connectivity index (χ2v) is 3.87. The highest BCUT2D eigenvalue weighted by molar-refractivity contribution is 9.10. The molecule has 0 fully saturated rings. The van der Waals surface area contributed by atoms with Gasteiger partial charge in [-0.1, -0.05) is 28.1 Å². The average Bonchev–Trinajstić information content (AvgIpc) is 2.18. The molecule has 0 radical (unpaired) electrons. The number of nitrogen functional groups attached to an aromatic ring is 1. The molecule has 0 saturated carbocycles. The van der Waals surface area contributed by atoms with Gasteiger partial charge in [0.1, 0.15) is 5.75 Å². The van der Waals surface area contributed by atoms with Gasteiger partial charge in [0.05, 0.1) is 7.11 Å². The summed E-state index contributed by atoms with van der Waals surface area (Å²) < 4.78 is 6.25. The first-order valence-electron chi connectivity index (χ1n) is 4.24. The predicted octanol–water partition coefficient (Wildman–Crippen LogP) is 3.19. The van der Waals surface area contributed by atoms with E-state index in [0.29, 0.717) is 0 Å². The van der Waals surface area contributed by atoms with E-state index >= 15 is 0 Å². The van der Waals surface area contributed by atoms with Crippen molar-refractivity contribution in [3.63, 3.8) is 0 Å². The van der Waals surface area contributed by atoms with Gasteiger partial charge in [0.25, 0.3) is 0 Å². The van der Waals surface area contributed by atoms with Crippen molar-refractivity contribution in [3.05, 3.63) is 34.8 Å². The number of anilines is 1. The first kappa shape index (κ1) is 9.34. The van der Waals surface area contributed by atoms with Crippen LogP contribution in [-0.4, -0.2) is 7.11 Å². The molecule has 14 heavy (non-hydrogen) atoms. The van der Waals surface area contributed by atoms with Crippen LogP contribution in [0.1, 0.15) is 0 Å². The summed E-state index contributed by atoms with van der Waals surface area (Å²) in [7, 11) is 1.66. The summed E-state index contributed by atoms with van der Waals surface area (Å²) >= 11 is 3.48. The van der Waals surface area contributed by atoms with Gasteiger partial charge in [-0.05, 0) is 18.2 Å². The highest BCUT2D eigenvalue weighted by Crippen LogP contribution is 2.34. The van der Waals surface area contributed by atoms with Crippen LogP contribution in [0.25, 0.3) is 10.8 Å². The fraction of sp³-hybridized carbons (Fsp3) is 0.0909. The minimum Gasteiger partial charge on any atom is -0.496 e. The van der Waals surface area contributed by atoms with Crippen molar-refractivity contribution in [2.75, 3.05) is 12.8 Å². The quantitative estimate of drug-likeness (QED) is 0.791. The van der Waals surface area contributed by atoms with Crippen LogP contribution in [0.3, 0.4) is 0 Å². The van der Waals surface area contributed by atoms with Gasteiger partial charge in [-0.2, -0.15) is 0 Å². The monoisotopic (exact) mass is 251 g/mol. The molecule has 72 valence electrons. The molecule has 0 unspecified atom stereocenters. The van der Waals surface area contributed by atoms with Crippen molar-refractivity contribution in [2.24, 2.45) is 0 Å². The Morgan fingerprint density at radius 1 is 1.21 bits per heavy atom. The molecular formula is C11H10BrNO. The number of hydrogen-bond acceptors (Lipinski definition) is 2. The molecule has 2 rings (SSSR count). The van der Waals surface area contributed by atoms with Crippen molar-refractivity contribution in [1.82, 2.24) is 0 Å². The van der Waals surface area contributed by atoms with Gasteiger partial charge in [0, 0.05) is 20.9 Å². The maximum atomic E-state index is 5.90. The van der Waals surface area contributed by atoms with Gasteiger partial charge < -0.3 is 10.5 Å². The number of methoxy groups -OCH3 is 1. The zero-order valence-corrected chi connectivity index (χ0v) is 9.34. The zero-order chi connectivity index (χ0) is 10.1. The van der Waals surface area contributed by atoms with E-state index in [9.17, 15) is 0 Å². The molecule has 2 nitrogen and oxygen atoms in total. The topological polar surface area (TPSA) is 35.2 Å². The highest BCUT2D eigenvalue weighted by Gasteiger charge is 2.06. The second-order valence-electron chi connectivity index (χ2n) is 3.02. The molecular weight excluding hydrogens is 242 g/mol. The van der Waals surface area contributed by atoms with Crippen molar-refractivity contribution < 1.29 is 4.74 Å². The third-order valence-corrected chi connectivity index (χ3v) is 2.86. The van der Waals surface area contributed by atoms with Gasteiger partial charge in [-0.3, -0.25) is 0 Å². The molecule has 3 heteroatoms. The van der Waals surface area contributed by atoms with Crippen LogP contribution < -0.4 is 10.5 Å². The fourth-order valence-electron chi connectivity index (χ4n) is 1.54. The van der Waals surface area contributed by atoms with Crippen LogP contribution >= 0.6 is 15.9 Å². The summed E-state index contributed by atoms with van der Waals surface area (Å²) in [6.45, 7) is 0. The van der Waals surface area contributed by atoms with Crippen molar-refractivity contribution >= 4 is 32.4 Å². The largest absolute Gasteiger partial charge is 0.496 e. The lowest BCUT2D eigenvalue weighted by atomic mass is 10.1. The van der Waals surface area contributed by atoms with E-state index in [0.717, 1.165) is 26.7 Å². The minimum absolute atomic E-state index is 0.758. The van der Waals surface area contributed by atoms with Gasteiger partial charge in [0.2, 0.25) is 0 Å². The Hall–Kier alpha value is -1.22. The van der Waals surface area contributed by atoms with E-state index in [-0.39, 0.29) is 0 Å². The summed E-state index contributed by atoms with van der Waals surface area (Å²) in [5, 5.41) is 2.04. The number of hydrogen-bond donors (Lipinski definition) is 1. The molecule has 0 heterocycles. The number of benzene rings is 2. The summed E-state index contributed by atoms with van der Waals surface area (Å²) in [6, 6.07) is 9.66. The Morgan fingerprint density at radius 3 is 2.71 bits per heavy atom. The van der Waals surface area contributed by atoms with Gasteiger partial charge >= 0.3 is 0 Å². The number of rotatable bonds is 1. The highest BCUT2D eigenvalue weighted by atomic mass is 79.9. The van der Waals surface area contributed by atoms with Crippen LogP contribution in [0, 0.1) is 0 Å². The average molecular weight is 252 g/mol. The molecule has 0 atom stereocenters. The van der Waals surface area contributed by atoms with E-state index in [1.807, 2.05) is 30.3 Å². The molecule has 0 amide bonds. The Labute approximate surface area is 90.8 Å². The lowest BCUT2D eigenvalue weighted by Crippen LogP contribution is -1.91. The van der Waals surface area contributed by atoms with Crippen LogP contribution in [-0.2, 0) is 0 Å². The van der Waals surface area contributed by atoms with Crippen LogP contribution in [0.15, 0.2) is 34.8 Å². The normalized spacial score (nSPS) is 10.4. The Balaban J connectivity index is 2.91. The SMILES string of the molecule is COc1ccc(N)c2c(Br)cccc12. The molecule has 0 aliphatic rings.